The Morgan fingerprint density at radius 1 is 1.12 bits per heavy atom. The first kappa shape index (κ1) is 27.1. The van der Waals surface area contributed by atoms with E-state index in [0.29, 0.717) is 19.3 Å². The number of hydrogen-bond acceptors (Lipinski definition) is 6. The monoisotopic (exact) mass is 553 g/mol. The van der Waals surface area contributed by atoms with Crippen molar-refractivity contribution in [3.63, 3.8) is 0 Å². The number of aliphatic carboxylic acids is 1. The molecule has 0 spiro atoms. The molecule has 2 aliphatic heterocycles. The van der Waals surface area contributed by atoms with E-state index in [2.05, 4.69) is 11.1 Å². The number of aromatic nitrogens is 4. The van der Waals surface area contributed by atoms with Crippen molar-refractivity contribution in [3.8, 4) is 11.3 Å². The Labute approximate surface area is 239 Å². The van der Waals surface area contributed by atoms with E-state index in [1.54, 1.807) is 11.1 Å². The second-order valence-corrected chi connectivity index (χ2v) is 11.2. The van der Waals surface area contributed by atoms with Gasteiger partial charge in [-0.1, -0.05) is 18.2 Å². The normalized spacial score (nSPS) is 19.0. The SMILES string of the molecule is Cc1cc(N2C(=O)CC(CCCC(=O)O)c3cccc(C)c32)cnc1-c1cncc2c1c(C)nn2C1CCCCO1. The maximum atomic E-state index is 13.6. The van der Waals surface area contributed by atoms with Crippen LogP contribution in [0.5, 0.6) is 0 Å². The zero-order valence-electron chi connectivity index (χ0n) is 23.8. The molecule has 0 bridgehead atoms. The number of carboxylic acids is 1. The van der Waals surface area contributed by atoms with E-state index < -0.39 is 5.97 Å². The van der Waals surface area contributed by atoms with Gasteiger partial charge < -0.3 is 9.84 Å². The lowest BCUT2D eigenvalue weighted by atomic mass is 9.84. The number of carboxylic acid groups (broad SMARTS) is 1. The first-order chi connectivity index (χ1) is 19.8. The zero-order valence-corrected chi connectivity index (χ0v) is 23.8. The van der Waals surface area contributed by atoms with E-state index in [0.717, 1.165) is 81.8 Å². The number of para-hydroxylation sites is 1. The quantitative estimate of drug-likeness (QED) is 0.277. The van der Waals surface area contributed by atoms with Crippen molar-refractivity contribution in [2.24, 2.45) is 0 Å². The topological polar surface area (TPSA) is 110 Å². The highest BCUT2D eigenvalue weighted by atomic mass is 16.5. The van der Waals surface area contributed by atoms with Crippen molar-refractivity contribution < 1.29 is 19.4 Å². The minimum atomic E-state index is -0.810. The highest BCUT2D eigenvalue weighted by Gasteiger charge is 2.33. The van der Waals surface area contributed by atoms with Crippen molar-refractivity contribution in [1.29, 1.82) is 0 Å². The highest BCUT2D eigenvalue weighted by Crippen LogP contribution is 2.44. The molecule has 3 aromatic heterocycles. The Hall–Kier alpha value is -4.11. The first-order valence-corrected chi connectivity index (χ1v) is 14.4. The van der Waals surface area contributed by atoms with E-state index >= 15 is 0 Å². The summed E-state index contributed by atoms with van der Waals surface area (Å²) in [5.74, 6) is -0.817. The summed E-state index contributed by atoms with van der Waals surface area (Å²) in [5, 5.41) is 14.9. The van der Waals surface area contributed by atoms with Crippen molar-refractivity contribution in [1.82, 2.24) is 19.7 Å². The number of carbonyl (C=O) groups excluding carboxylic acids is 1. The van der Waals surface area contributed by atoms with Gasteiger partial charge in [-0.15, -0.1) is 0 Å². The van der Waals surface area contributed by atoms with Crippen LogP contribution in [0.25, 0.3) is 22.2 Å². The van der Waals surface area contributed by atoms with Gasteiger partial charge in [-0.25, -0.2) is 4.68 Å². The van der Waals surface area contributed by atoms with E-state index in [1.165, 1.54) is 0 Å². The molecule has 212 valence electrons. The van der Waals surface area contributed by atoms with Gasteiger partial charge in [0.2, 0.25) is 5.91 Å². The van der Waals surface area contributed by atoms with E-state index in [1.807, 2.05) is 56.0 Å². The second kappa shape index (κ2) is 11.0. The lowest BCUT2D eigenvalue weighted by Crippen LogP contribution is -2.33. The maximum absolute atomic E-state index is 13.6. The summed E-state index contributed by atoms with van der Waals surface area (Å²) in [7, 11) is 0. The van der Waals surface area contributed by atoms with E-state index in [-0.39, 0.29) is 24.5 Å². The summed E-state index contributed by atoms with van der Waals surface area (Å²) < 4.78 is 7.98. The molecule has 1 amide bonds. The van der Waals surface area contributed by atoms with Gasteiger partial charge in [0, 0.05) is 36.6 Å². The van der Waals surface area contributed by atoms with Gasteiger partial charge >= 0.3 is 5.97 Å². The van der Waals surface area contributed by atoms with Gasteiger partial charge in [-0.3, -0.25) is 24.5 Å². The van der Waals surface area contributed by atoms with Gasteiger partial charge in [-0.05, 0) is 81.5 Å². The van der Waals surface area contributed by atoms with Crippen LogP contribution >= 0.6 is 0 Å². The predicted molar refractivity (Wildman–Crippen MR) is 156 cm³/mol. The number of aryl methyl sites for hydroxylation is 3. The molecule has 0 aliphatic carbocycles. The van der Waals surface area contributed by atoms with Gasteiger partial charge in [0.05, 0.1) is 40.7 Å². The number of nitrogens with zero attached hydrogens (tertiary/aromatic N) is 5. The van der Waals surface area contributed by atoms with Crippen LogP contribution < -0.4 is 4.90 Å². The largest absolute Gasteiger partial charge is 0.481 e. The molecule has 1 N–H and O–H groups in total. The molecule has 5 heterocycles. The van der Waals surface area contributed by atoms with Gasteiger partial charge in [-0.2, -0.15) is 5.10 Å². The third kappa shape index (κ3) is 4.99. The maximum Gasteiger partial charge on any atom is 0.303 e. The predicted octanol–water partition coefficient (Wildman–Crippen LogP) is 6.52. The molecule has 41 heavy (non-hydrogen) atoms. The Kier molecular flexibility index (Phi) is 7.30. The number of pyridine rings is 2. The number of rotatable bonds is 7. The zero-order chi connectivity index (χ0) is 28.7. The fraction of sp³-hybridized carbons (Fsp3) is 0.406. The van der Waals surface area contributed by atoms with Crippen LogP contribution in [-0.4, -0.2) is 43.3 Å². The Bertz CT molecular complexity index is 1640. The van der Waals surface area contributed by atoms with Crippen LogP contribution in [0.3, 0.4) is 0 Å². The Balaban J connectivity index is 1.37. The third-order valence-corrected chi connectivity index (χ3v) is 8.34. The summed E-state index contributed by atoms with van der Waals surface area (Å²) >= 11 is 0. The second-order valence-electron chi connectivity index (χ2n) is 11.2. The molecule has 4 aromatic rings. The number of hydrogen-bond donors (Lipinski definition) is 1. The van der Waals surface area contributed by atoms with Crippen molar-refractivity contribution >= 4 is 34.2 Å². The minimum Gasteiger partial charge on any atom is -0.481 e. The molecular weight excluding hydrogens is 518 g/mol. The average molecular weight is 554 g/mol. The van der Waals surface area contributed by atoms with Gasteiger partial charge in [0.25, 0.3) is 0 Å². The lowest BCUT2D eigenvalue weighted by Gasteiger charge is -2.35. The number of amides is 1. The number of anilines is 2. The summed E-state index contributed by atoms with van der Waals surface area (Å²) in [6.07, 6.45) is 10.1. The molecule has 2 unspecified atom stereocenters. The molecule has 2 aliphatic rings. The molecule has 6 rings (SSSR count). The fourth-order valence-electron chi connectivity index (χ4n) is 6.43. The molecule has 1 saturated heterocycles. The molecule has 9 heteroatoms. The van der Waals surface area contributed by atoms with Crippen LogP contribution in [0.1, 0.15) is 79.5 Å². The average Bonchev–Trinajstić information content (AvgIpc) is 3.30. The first-order valence-electron chi connectivity index (χ1n) is 14.4. The number of carbonyl (C=O) groups is 2. The van der Waals surface area contributed by atoms with Crippen LogP contribution in [-0.2, 0) is 14.3 Å². The number of ether oxygens (including phenoxy) is 1. The molecule has 1 aromatic carbocycles. The lowest BCUT2D eigenvalue weighted by molar-refractivity contribution is -0.137. The van der Waals surface area contributed by atoms with Crippen LogP contribution in [0.15, 0.2) is 42.9 Å². The van der Waals surface area contributed by atoms with Crippen molar-refractivity contribution in [2.45, 2.75) is 77.9 Å². The van der Waals surface area contributed by atoms with Crippen LogP contribution in [0.4, 0.5) is 11.4 Å². The molecule has 0 saturated carbocycles. The third-order valence-electron chi connectivity index (χ3n) is 8.34. The summed E-state index contributed by atoms with van der Waals surface area (Å²) in [5.41, 5.74) is 8.17. The summed E-state index contributed by atoms with van der Waals surface area (Å²) in [6.45, 7) is 6.77. The smallest absolute Gasteiger partial charge is 0.303 e. The van der Waals surface area contributed by atoms with Crippen molar-refractivity contribution in [2.75, 3.05) is 11.5 Å². The molecule has 2 atom stereocenters. The van der Waals surface area contributed by atoms with Crippen LogP contribution in [0.2, 0.25) is 0 Å². The molecular formula is C32H35N5O4. The van der Waals surface area contributed by atoms with Gasteiger partial charge in [0.15, 0.2) is 6.23 Å². The van der Waals surface area contributed by atoms with Crippen molar-refractivity contribution in [3.05, 3.63) is 65.2 Å². The highest BCUT2D eigenvalue weighted by molar-refractivity contribution is 6.05. The molecule has 1 fully saturated rings. The summed E-state index contributed by atoms with van der Waals surface area (Å²) in [6, 6.07) is 8.10. The van der Waals surface area contributed by atoms with Gasteiger partial charge in [0.1, 0.15) is 0 Å². The molecule has 0 radical (unpaired) electrons. The van der Waals surface area contributed by atoms with E-state index in [9.17, 15) is 9.59 Å². The standard InChI is InChI=1S/C32H35N5O4/c1-19-8-6-10-24-22(9-7-12-29(39)40)15-27(38)36(32(19)24)23-14-20(2)31(34-16-23)25-17-33-18-26-30(25)21(3)35-37(26)28-11-4-5-13-41-28/h6,8,10,14,16-18,22,28H,4-5,7,9,11-13,15H2,1-3H3,(H,39,40). The molecule has 9 nitrogen and oxygen atoms in total. The Morgan fingerprint density at radius 3 is 2.73 bits per heavy atom. The summed E-state index contributed by atoms with van der Waals surface area (Å²) in [4.78, 5) is 35.9. The number of benzene rings is 1. The Morgan fingerprint density at radius 2 is 1.98 bits per heavy atom. The van der Waals surface area contributed by atoms with E-state index in [4.69, 9.17) is 19.9 Å². The minimum absolute atomic E-state index is 0.00216. The fourth-order valence-corrected chi connectivity index (χ4v) is 6.43. The number of fused-ring (bicyclic) bond motifs is 2. The van der Waals surface area contributed by atoms with Crippen LogP contribution in [0, 0.1) is 20.8 Å².